The van der Waals surface area contributed by atoms with Crippen molar-refractivity contribution in [1.82, 2.24) is 0 Å². The zero-order valence-corrected chi connectivity index (χ0v) is 18.3. The normalized spacial score (nSPS) is 16.2. The number of carbonyl (C=O) groups excluding carboxylic acids is 2. The quantitative estimate of drug-likeness (QED) is 0.264. The summed E-state index contributed by atoms with van der Waals surface area (Å²) in [6, 6.07) is 0. The molecule has 0 spiro atoms. The van der Waals surface area contributed by atoms with E-state index in [-0.39, 0.29) is 43.7 Å². The summed E-state index contributed by atoms with van der Waals surface area (Å²) >= 11 is 0. The van der Waals surface area contributed by atoms with Gasteiger partial charge in [0.25, 0.3) is 0 Å². The first-order valence-electron chi connectivity index (χ1n) is 9.76. The maximum atomic E-state index is 11.1. The van der Waals surface area contributed by atoms with Gasteiger partial charge in [-0.1, -0.05) is 13.2 Å². The van der Waals surface area contributed by atoms with Crippen molar-refractivity contribution in [2.75, 3.05) is 33.0 Å². The average Bonchev–Trinajstić information content (AvgIpc) is 2.71. The van der Waals surface area contributed by atoms with Gasteiger partial charge in [-0.3, -0.25) is 0 Å². The van der Waals surface area contributed by atoms with Crippen LogP contribution in [0, 0.1) is 0 Å². The van der Waals surface area contributed by atoms with Gasteiger partial charge in [-0.15, -0.1) is 0 Å². The van der Waals surface area contributed by atoms with E-state index in [1.807, 2.05) is 27.7 Å². The topological polar surface area (TPSA) is 89.5 Å². The summed E-state index contributed by atoms with van der Waals surface area (Å²) in [5.41, 5.74) is 0. The average molecular weight is 417 g/mol. The number of hydrogen-bond donors (Lipinski definition) is 0. The van der Waals surface area contributed by atoms with Crippen LogP contribution in [0.3, 0.4) is 0 Å². The van der Waals surface area contributed by atoms with Crippen molar-refractivity contribution >= 4 is 11.9 Å². The van der Waals surface area contributed by atoms with Crippen LogP contribution in [0.5, 0.6) is 0 Å². The van der Waals surface area contributed by atoms with E-state index >= 15 is 0 Å². The molecule has 0 aromatic rings. The lowest BCUT2D eigenvalue weighted by atomic mass is 10.3. The molecule has 0 saturated carbocycles. The monoisotopic (exact) mass is 416 g/mol. The van der Waals surface area contributed by atoms with E-state index in [1.54, 1.807) is 6.92 Å². The molecule has 0 N–H and O–H groups in total. The van der Waals surface area contributed by atoms with Crippen LogP contribution in [0.4, 0.5) is 0 Å². The Kier molecular flexibility index (Phi) is 15.1. The lowest BCUT2D eigenvalue weighted by Gasteiger charge is -2.21. The molecule has 168 valence electrons. The van der Waals surface area contributed by atoms with E-state index in [0.717, 1.165) is 12.2 Å². The fourth-order valence-corrected chi connectivity index (χ4v) is 1.93. The highest BCUT2D eigenvalue weighted by Crippen LogP contribution is 2.03. The van der Waals surface area contributed by atoms with Crippen LogP contribution in [0.2, 0.25) is 0 Å². The molecular formula is C21H36O8. The fourth-order valence-electron chi connectivity index (χ4n) is 1.93. The van der Waals surface area contributed by atoms with Gasteiger partial charge >= 0.3 is 11.9 Å². The van der Waals surface area contributed by atoms with E-state index in [4.69, 9.17) is 28.4 Å². The van der Waals surface area contributed by atoms with Crippen molar-refractivity contribution in [2.45, 2.75) is 65.1 Å². The van der Waals surface area contributed by atoms with Crippen molar-refractivity contribution in [3.63, 3.8) is 0 Å². The molecule has 0 saturated heterocycles. The first-order chi connectivity index (χ1) is 13.7. The molecule has 0 aliphatic heterocycles. The molecule has 8 heteroatoms. The van der Waals surface area contributed by atoms with E-state index in [1.165, 1.54) is 0 Å². The fraction of sp³-hybridized carbons (Fsp3) is 0.714. The summed E-state index contributed by atoms with van der Waals surface area (Å²) < 4.78 is 32.5. The van der Waals surface area contributed by atoms with Gasteiger partial charge in [0.05, 0.1) is 50.8 Å². The molecule has 5 unspecified atom stereocenters. The van der Waals surface area contributed by atoms with Crippen LogP contribution in [-0.2, 0) is 38.0 Å². The molecule has 0 aliphatic rings. The van der Waals surface area contributed by atoms with Gasteiger partial charge in [0.1, 0.15) is 12.7 Å². The molecular weight excluding hydrogens is 380 g/mol. The first-order valence-corrected chi connectivity index (χ1v) is 9.76. The highest BCUT2D eigenvalue weighted by atomic mass is 16.6. The van der Waals surface area contributed by atoms with E-state index in [0.29, 0.717) is 19.8 Å². The minimum absolute atomic E-state index is 0.120. The molecule has 8 nitrogen and oxygen atoms in total. The highest BCUT2D eigenvalue weighted by molar-refractivity contribution is 5.81. The standard InChI is InChI=1S/C21H36O8/c1-8-20(22)28-13-18(6)26-11-16(4)24-10-15(3)25-12-17(5)27-14-19(7)29-21(23)9-2/h8-9,15-19H,1-2,10-14H2,3-7H3. The van der Waals surface area contributed by atoms with Crippen molar-refractivity contribution in [3.8, 4) is 0 Å². The van der Waals surface area contributed by atoms with Crippen molar-refractivity contribution in [2.24, 2.45) is 0 Å². The maximum Gasteiger partial charge on any atom is 0.330 e. The Morgan fingerprint density at radius 1 is 0.621 bits per heavy atom. The molecule has 0 rings (SSSR count). The van der Waals surface area contributed by atoms with E-state index < -0.39 is 11.9 Å². The molecule has 0 bridgehead atoms. The van der Waals surface area contributed by atoms with Crippen LogP contribution in [0.25, 0.3) is 0 Å². The Hall–Kier alpha value is -1.74. The summed E-state index contributed by atoms with van der Waals surface area (Å²) in [4.78, 5) is 22.1. The predicted molar refractivity (Wildman–Crippen MR) is 109 cm³/mol. The first kappa shape index (κ1) is 27.3. The van der Waals surface area contributed by atoms with Crippen LogP contribution in [0.1, 0.15) is 34.6 Å². The lowest BCUT2D eigenvalue weighted by Crippen LogP contribution is -2.29. The Morgan fingerprint density at radius 3 is 1.34 bits per heavy atom. The number of hydrogen-bond acceptors (Lipinski definition) is 8. The summed E-state index contributed by atoms with van der Waals surface area (Å²) in [6.07, 6.45) is 1.25. The summed E-state index contributed by atoms with van der Waals surface area (Å²) in [6.45, 7) is 17.6. The van der Waals surface area contributed by atoms with Gasteiger partial charge in [-0.25, -0.2) is 9.59 Å². The van der Waals surface area contributed by atoms with Crippen LogP contribution < -0.4 is 0 Å². The second-order valence-corrected chi connectivity index (χ2v) is 6.86. The highest BCUT2D eigenvalue weighted by Gasteiger charge is 2.13. The SMILES string of the molecule is C=CC(=O)OCC(C)OCC(C)OCC(C)OCC(C)OCC(C)OC(=O)C=C. The van der Waals surface area contributed by atoms with Gasteiger partial charge in [0, 0.05) is 12.2 Å². The molecule has 0 fully saturated rings. The third kappa shape index (κ3) is 15.8. The second kappa shape index (κ2) is 16.1. The van der Waals surface area contributed by atoms with Crippen LogP contribution in [0.15, 0.2) is 25.3 Å². The zero-order chi connectivity index (χ0) is 22.2. The van der Waals surface area contributed by atoms with Gasteiger partial charge in [0.15, 0.2) is 0 Å². The number of esters is 2. The summed E-state index contributed by atoms with van der Waals surface area (Å²) in [5.74, 6) is -0.942. The molecule has 0 amide bonds. The molecule has 0 heterocycles. The van der Waals surface area contributed by atoms with Crippen molar-refractivity contribution < 1.29 is 38.0 Å². The smallest absolute Gasteiger partial charge is 0.330 e. The maximum absolute atomic E-state index is 11.1. The molecule has 29 heavy (non-hydrogen) atoms. The molecule has 5 atom stereocenters. The Balaban J connectivity index is 3.84. The Bertz CT molecular complexity index is 493. The number of carbonyl (C=O) groups is 2. The van der Waals surface area contributed by atoms with Crippen LogP contribution >= 0.6 is 0 Å². The summed E-state index contributed by atoms with van der Waals surface area (Å²) in [7, 11) is 0. The Labute approximate surface area is 174 Å². The van der Waals surface area contributed by atoms with E-state index in [9.17, 15) is 9.59 Å². The van der Waals surface area contributed by atoms with Crippen molar-refractivity contribution in [1.29, 1.82) is 0 Å². The third-order valence-corrected chi connectivity index (χ3v) is 3.57. The van der Waals surface area contributed by atoms with E-state index in [2.05, 4.69) is 13.2 Å². The van der Waals surface area contributed by atoms with Crippen LogP contribution in [-0.4, -0.2) is 75.5 Å². The largest absolute Gasteiger partial charge is 0.460 e. The number of ether oxygens (including phenoxy) is 6. The summed E-state index contributed by atoms with van der Waals surface area (Å²) in [5, 5.41) is 0. The predicted octanol–water partition coefficient (Wildman–Crippen LogP) is 2.45. The molecule has 0 aromatic heterocycles. The number of rotatable bonds is 17. The third-order valence-electron chi connectivity index (χ3n) is 3.57. The Morgan fingerprint density at radius 2 is 0.966 bits per heavy atom. The second-order valence-electron chi connectivity index (χ2n) is 6.86. The minimum atomic E-state index is -0.471. The lowest BCUT2D eigenvalue weighted by molar-refractivity contribution is -0.147. The molecule has 0 aromatic carbocycles. The van der Waals surface area contributed by atoms with Gasteiger partial charge in [-0.2, -0.15) is 0 Å². The van der Waals surface area contributed by atoms with Gasteiger partial charge in [0.2, 0.25) is 0 Å². The minimum Gasteiger partial charge on any atom is -0.460 e. The van der Waals surface area contributed by atoms with Gasteiger partial charge < -0.3 is 28.4 Å². The molecule has 0 radical (unpaired) electrons. The van der Waals surface area contributed by atoms with Gasteiger partial charge in [-0.05, 0) is 34.6 Å². The molecule has 0 aliphatic carbocycles. The van der Waals surface area contributed by atoms with Crippen molar-refractivity contribution in [3.05, 3.63) is 25.3 Å². The zero-order valence-electron chi connectivity index (χ0n) is 18.3.